The Morgan fingerprint density at radius 1 is 1.44 bits per heavy atom. The summed E-state index contributed by atoms with van der Waals surface area (Å²) in [6.45, 7) is 4.12. The van der Waals surface area contributed by atoms with Crippen molar-refractivity contribution >= 4 is 12.0 Å². The highest BCUT2D eigenvalue weighted by molar-refractivity contribution is 5.75. The van der Waals surface area contributed by atoms with Gasteiger partial charge in [0.2, 0.25) is 0 Å². The van der Waals surface area contributed by atoms with Crippen molar-refractivity contribution in [3.05, 3.63) is 0 Å². The fraction of sp³-hybridized carbons (Fsp3) is 0.846. The maximum absolute atomic E-state index is 12.0. The van der Waals surface area contributed by atoms with Gasteiger partial charge >= 0.3 is 12.0 Å². The van der Waals surface area contributed by atoms with E-state index in [1.165, 1.54) is 0 Å². The standard InChI is InChI=1S/C13H24N2O3/c1-4-5-9(2)15(3)13(18)14-11-7-6-10(8-11)12(16)17/h9-11H,4-8H2,1-3H3,(H,14,18)(H,16,17)/t9?,10-,11+/m1/s1. The number of hydrogen-bond donors (Lipinski definition) is 2. The molecule has 0 aromatic carbocycles. The van der Waals surface area contributed by atoms with Crippen molar-refractivity contribution in [2.45, 2.75) is 58.0 Å². The number of carboxylic acids is 1. The van der Waals surface area contributed by atoms with Crippen LogP contribution in [0.3, 0.4) is 0 Å². The highest BCUT2D eigenvalue weighted by atomic mass is 16.4. The molecule has 1 aliphatic rings. The minimum atomic E-state index is -0.751. The lowest BCUT2D eigenvalue weighted by atomic mass is 10.1. The first-order chi connectivity index (χ1) is 8.45. The van der Waals surface area contributed by atoms with E-state index >= 15 is 0 Å². The summed E-state index contributed by atoms with van der Waals surface area (Å²) in [5.74, 6) is -1.05. The Bertz CT molecular complexity index is 307. The van der Waals surface area contributed by atoms with E-state index in [2.05, 4.69) is 12.2 Å². The van der Waals surface area contributed by atoms with Gasteiger partial charge in [-0.2, -0.15) is 0 Å². The van der Waals surface area contributed by atoms with Gasteiger partial charge < -0.3 is 15.3 Å². The molecule has 0 spiro atoms. The van der Waals surface area contributed by atoms with E-state index in [-0.39, 0.29) is 24.0 Å². The average Bonchev–Trinajstić information content (AvgIpc) is 2.77. The molecule has 18 heavy (non-hydrogen) atoms. The van der Waals surface area contributed by atoms with Gasteiger partial charge in [0, 0.05) is 19.1 Å². The molecule has 1 rings (SSSR count). The second kappa shape index (κ2) is 6.61. The van der Waals surface area contributed by atoms with Crippen molar-refractivity contribution in [3.8, 4) is 0 Å². The van der Waals surface area contributed by atoms with Crippen LogP contribution in [0.15, 0.2) is 0 Å². The molecule has 0 aromatic rings. The predicted molar refractivity (Wildman–Crippen MR) is 69.4 cm³/mol. The number of carbonyl (C=O) groups excluding carboxylic acids is 1. The fourth-order valence-electron chi connectivity index (χ4n) is 2.42. The lowest BCUT2D eigenvalue weighted by Crippen LogP contribution is -2.45. The number of carboxylic acid groups (broad SMARTS) is 1. The van der Waals surface area contributed by atoms with Crippen LogP contribution in [0, 0.1) is 5.92 Å². The van der Waals surface area contributed by atoms with Gasteiger partial charge in [-0.1, -0.05) is 13.3 Å². The highest BCUT2D eigenvalue weighted by Crippen LogP contribution is 2.25. The molecule has 5 nitrogen and oxygen atoms in total. The van der Waals surface area contributed by atoms with Gasteiger partial charge in [0.25, 0.3) is 0 Å². The zero-order valence-corrected chi connectivity index (χ0v) is 11.5. The van der Waals surface area contributed by atoms with Crippen LogP contribution in [0.2, 0.25) is 0 Å². The number of carbonyl (C=O) groups is 2. The summed E-state index contributed by atoms with van der Waals surface area (Å²) in [5, 5.41) is 11.8. The molecule has 2 N–H and O–H groups in total. The molecule has 1 aliphatic carbocycles. The maximum Gasteiger partial charge on any atom is 0.317 e. The van der Waals surface area contributed by atoms with Crippen LogP contribution in [0.1, 0.15) is 46.0 Å². The lowest BCUT2D eigenvalue weighted by molar-refractivity contribution is -0.141. The van der Waals surface area contributed by atoms with Gasteiger partial charge in [-0.05, 0) is 32.6 Å². The van der Waals surface area contributed by atoms with Crippen molar-refractivity contribution < 1.29 is 14.7 Å². The molecular formula is C13H24N2O3. The lowest BCUT2D eigenvalue weighted by Gasteiger charge is -2.26. The molecule has 1 saturated carbocycles. The van der Waals surface area contributed by atoms with Gasteiger partial charge in [-0.3, -0.25) is 4.79 Å². The monoisotopic (exact) mass is 256 g/mol. The van der Waals surface area contributed by atoms with Crippen molar-refractivity contribution in [1.29, 1.82) is 0 Å². The zero-order valence-electron chi connectivity index (χ0n) is 11.5. The molecule has 0 bridgehead atoms. The van der Waals surface area contributed by atoms with Crippen LogP contribution in [0.5, 0.6) is 0 Å². The molecule has 1 unspecified atom stereocenters. The number of nitrogens with one attached hydrogen (secondary N) is 1. The number of aliphatic carboxylic acids is 1. The van der Waals surface area contributed by atoms with E-state index in [0.717, 1.165) is 19.3 Å². The van der Waals surface area contributed by atoms with Crippen molar-refractivity contribution in [2.24, 2.45) is 5.92 Å². The summed E-state index contributed by atoms with van der Waals surface area (Å²) in [7, 11) is 1.79. The Labute approximate surface area is 109 Å². The van der Waals surface area contributed by atoms with Crippen LogP contribution in [-0.2, 0) is 4.79 Å². The molecule has 0 heterocycles. The zero-order chi connectivity index (χ0) is 13.7. The second-order valence-electron chi connectivity index (χ2n) is 5.24. The summed E-state index contributed by atoms with van der Waals surface area (Å²) in [5.41, 5.74) is 0. The molecule has 0 aliphatic heterocycles. The molecule has 104 valence electrons. The second-order valence-corrected chi connectivity index (χ2v) is 5.24. The number of nitrogens with zero attached hydrogens (tertiary/aromatic N) is 1. The van der Waals surface area contributed by atoms with Crippen LogP contribution in [-0.4, -0.2) is 41.1 Å². The predicted octanol–water partition coefficient (Wildman–Crippen LogP) is 2.07. The molecule has 1 fully saturated rings. The largest absolute Gasteiger partial charge is 0.481 e. The first kappa shape index (κ1) is 14.8. The van der Waals surface area contributed by atoms with E-state index in [1.54, 1.807) is 11.9 Å². The van der Waals surface area contributed by atoms with Gasteiger partial charge in [0.05, 0.1) is 5.92 Å². The Morgan fingerprint density at radius 3 is 2.61 bits per heavy atom. The molecule has 0 saturated heterocycles. The molecule has 3 atom stereocenters. The van der Waals surface area contributed by atoms with E-state index in [9.17, 15) is 9.59 Å². The minimum Gasteiger partial charge on any atom is -0.481 e. The fourth-order valence-corrected chi connectivity index (χ4v) is 2.42. The van der Waals surface area contributed by atoms with Crippen LogP contribution < -0.4 is 5.32 Å². The van der Waals surface area contributed by atoms with Crippen molar-refractivity contribution in [1.82, 2.24) is 10.2 Å². The van der Waals surface area contributed by atoms with E-state index in [0.29, 0.717) is 12.8 Å². The summed E-state index contributed by atoms with van der Waals surface area (Å²) < 4.78 is 0. The van der Waals surface area contributed by atoms with Crippen LogP contribution in [0.25, 0.3) is 0 Å². The first-order valence-corrected chi connectivity index (χ1v) is 6.71. The summed E-state index contributed by atoms with van der Waals surface area (Å²) in [4.78, 5) is 24.5. The van der Waals surface area contributed by atoms with Gasteiger partial charge in [-0.25, -0.2) is 4.79 Å². The number of hydrogen-bond acceptors (Lipinski definition) is 2. The van der Waals surface area contributed by atoms with E-state index in [4.69, 9.17) is 5.11 Å². The minimum absolute atomic E-state index is 0.00914. The SMILES string of the molecule is CCCC(C)N(C)C(=O)N[C@H]1CC[C@@H](C(=O)O)C1. The van der Waals surface area contributed by atoms with E-state index < -0.39 is 5.97 Å². The normalized spacial score (nSPS) is 24.6. The maximum atomic E-state index is 12.0. The van der Waals surface area contributed by atoms with Gasteiger partial charge in [-0.15, -0.1) is 0 Å². The molecular weight excluding hydrogens is 232 g/mol. The number of rotatable bonds is 5. The summed E-state index contributed by atoms with van der Waals surface area (Å²) in [6.07, 6.45) is 4.00. The summed E-state index contributed by atoms with van der Waals surface area (Å²) >= 11 is 0. The third-order valence-electron chi connectivity index (χ3n) is 3.80. The Kier molecular flexibility index (Phi) is 5.44. The van der Waals surface area contributed by atoms with Crippen LogP contribution in [0.4, 0.5) is 4.79 Å². The molecule has 0 radical (unpaired) electrons. The topological polar surface area (TPSA) is 69.6 Å². The van der Waals surface area contributed by atoms with Crippen LogP contribution >= 0.6 is 0 Å². The third kappa shape index (κ3) is 3.89. The molecule has 2 amide bonds. The average molecular weight is 256 g/mol. The smallest absolute Gasteiger partial charge is 0.317 e. The Hall–Kier alpha value is -1.26. The van der Waals surface area contributed by atoms with Crippen molar-refractivity contribution in [3.63, 3.8) is 0 Å². The number of amides is 2. The number of urea groups is 1. The molecule has 5 heteroatoms. The molecule has 0 aromatic heterocycles. The van der Waals surface area contributed by atoms with Gasteiger partial charge in [0.1, 0.15) is 0 Å². The third-order valence-corrected chi connectivity index (χ3v) is 3.80. The highest BCUT2D eigenvalue weighted by Gasteiger charge is 2.31. The quantitative estimate of drug-likeness (QED) is 0.791. The van der Waals surface area contributed by atoms with Gasteiger partial charge in [0.15, 0.2) is 0 Å². The van der Waals surface area contributed by atoms with E-state index in [1.807, 2.05) is 6.92 Å². The first-order valence-electron chi connectivity index (χ1n) is 6.71. The van der Waals surface area contributed by atoms with Crippen molar-refractivity contribution in [2.75, 3.05) is 7.05 Å². The Morgan fingerprint density at radius 2 is 2.11 bits per heavy atom. The Balaban J connectivity index is 2.39. The summed E-state index contributed by atoms with van der Waals surface area (Å²) in [6, 6.07) is 0.133.